The molecule has 3 rings (SSSR count). The lowest BCUT2D eigenvalue weighted by molar-refractivity contribution is 0.436. The predicted octanol–water partition coefficient (Wildman–Crippen LogP) is 2.17. The van der Waals surface area contributed by atoms with Crippen molar-refractivity contribution >= 4 is 5.69 Å². The van der Waals surface area contributed by atoms with Gasteiger partial charge in [-0.05, 0) is 32.0 Å². The minimum absolute atomic E-state index is 0.314. The number of benzene rings is 1. The molecular weight excluding hydrogens is 290 g/mol. The third kappa shape index (κ3) is 3.58. The van der Waals surface area contributed by atoms with Crippen LogP contribution in [0.25, 0.3) is 0 Å². The quantitative estimate of drug-likeness (QED) is 0.936. The molecule has 1 aromatic heterocycles. The van der Waals surface area contributed by atoms with E-state index in [-0.39, 0.29) is 0 Å². The van der Waals surface area contributed by atoms with E-state index < -0.39 is 0 Å². The van der Waals surface area contributed by atoms with E-state index in [0.717, 1.165) is 43.3 Å². The Morgan fingerprint density at radius 2 is 1.83 bits per heavy atom. The molecule has 1 aromatic carbocycles. The Morgan fingerprint density at radius 3 is 2.48 bits per heavy atom. The van der Waals surface area contributed by atoms with Gasteiger partial charge in [-0.1, -0.05) is 0 Å². The van der Waals surface area contributed by atoms with E-state index in [2.05, 4.69) is 26.3 Å². The van der Waals surface area contributed by atoms with Gasteiger partial charge in [0.1, 0.15) is 0 Å². The number of nitriles is 1. The van der Waals surface area contributed by atoms with Gasteiger partial charge in [0.25, 0.3) is 0 Å². The fraction of sp³-hybridized carbons (Fsp3) is 0.353. The van der Waals surface area contributed by atoms with Crippen LogP contribution in [-0.4, -0.2) is 36.1 Å². The molecule has 0 amide bonds. The molecule has 0 spiro atoms. The first-order valence-corrected chi connectivity index (χ1v) is 7.65. The minimum Gasteiger partial charge on any atom is -0.422 e. The average molecular weight is 309 g/mol. The first-order chi connectivity index (χ1) is 11.2. The summed E-state index contributed by atoms with van der Waals surface area (Å²) in [7, 11) is 0. The SMILES string of the molecule is Cc1cc(C)nc(Oc2cc(C#N)ccc2N2CCNCC2)n1. The molecule has 6 nitrogen and oxygen atoms in total. The molecule has 23 heavy (non-hydrogen) atoms. The van der Waals surface area contributed by atoms with Gasteiger partial charge in [-0.25, -0.2) is 9.97 Å². The van der Waals surface area contributed by atoms with Crippen molar-refractivity contribution < 1.29 is 4.74 Å². The zero-order valence-corrected chi connectivity index (χ0v) is 13.3. The van der Waals surface area contributed by atoms with Crippen molar-refractivity contribution in [2.45, 2.75) is 13.8 Å². The molecule has 0 aliphatic carbocycles. The zero-order chi connectivity index (χ0) is 16.2. The van der Waals surface area contributed by atoms with Crippen LogP contribution in [0.15, 0.2) is 24.3 Å². The molecule has 1 aliphatic rings. The van der Waals surface area contributed by atoms with Crippen LogP contribution < -0.4 is 15.0 Å². The summed E-state index contributed by atoms with van der Waals surface area (Å²) in [6, 6.07) is 9.86. The topological polar surface area (TPSA) is 74.1 Å². The van der Waals surface area contributed by atoms with Gasteiger partial charge in [-0.15, -0.1) is 0 Å². The fourth-order valence-electron chi connectivity index (χ4n) is 2.67. The van der Waals surface area contributed by atoms with Crippen LogP contribution in [0.1, 0.15) is 17.0 Å². The van der Waals surface area contributed by atoms with E-state index in [1.807, 2.05) is 32.0 Å². The second-order valence-corrected chi connectivity index (χ2v) is 5.57. The molecule has 0 saturated carbocycles. The summed E-state index contributed by atoms with van der Waals surface area (Å²) < 4.78 is 5.93. The normalized spacial score (nSPS) is 14.4. The molecule has 1 fully saturated rings. The second kappa shape index (κ2) is 6.63. The summed E-state index contributed by atoms with van der Waals surface area (Å²) in [6.07, 6.45) is 0. The van der Waals surface area contributed by atoms with Crippen molar-refractivity contribution in [3.05, 3.63) is 41.2 Å². The number of aromatic nitrogens is 2. The van der Waals surface area contributed by atoms with Gasteiger partial charge in [-0.3, -0.25) is 0 Å². The van der Waals surface area contributed by atoms with Crippen molar-refractivity contribution in [3.8, 4) is 17.8 Å². The highest BCUT2D eigenvalue weighted by Gasteiger charge is 2.17. The molecule has 2 heterocycles. The Bertz CT molecular complexity index is 727. The molecule has 0 bridgehead atoms. The Labute approximate surface area is 135 Å². The Balaban J connectivity index is 1.96. The van der Waals surface area contributed by atoms with Crippen LogP contribution in [0.2, 0.25) is 0 Å². The highest BCUT2D eigenvalue weighted by Crippen LogP contribution is 2.32. The third-order valence-electron chi connectivity index (χ3n) is 3.71. The van der Waals surface area contributed by atoms with Crippen LogP contribution >= 0.6 is 0 Å². The van der Waals surface area contributed by atoms with Gasteiger partial charge in [-0.2, -0.15) is 5.26 Å². The zero-order valence-electron chi connectivity index (χ0n) is 13.3. The van der Waals surface area contributed by atoms with Crippen LogP contribution in [0.3, 0.4) is 0 Å². The third-order valence-corrected chi connectivity index (χ3v) is 3.71. The highest BCUT2D eigenvalue weighted by molar-refractivity contribution is 5.62. The van der Waals surface area contributed by atoms with Gasteiger partial charge in [0.2, 0.25) is 0 Å². The van der Waals surface area contributed by atoms with Gasteiger partial charge < -0.3 is 15.0 Å². The summed E-state index contributed by atoms with van der Waals surface area (Å²) >= 11 is 0. The number of piperazine rings is 1. The average Bonchev–Trinajstić information content (AvgIpc) is 2.54. The fourth-order valence-corrected chi connectivity index (χ4v) is 2.67. The van der Waals surface area contributed by atoms with Crippen molar-refractivity contribution in [1.29, 1.82) is 5.26 Å². The lowest BCUT2D eigenvalue weighted by atomic mass is 10.1. The number of hydrogen-bond acceptors (Lipinski definition) is 6. The largest absolute Gasteiger partial charge is 0.422 e. The molecule has 0 radical (unpaired) electrons. The Kier molecular flexibility index (Phi) is 4.40. The van der Waals surface area contributed by atoms with E-state index >= 15 is 0 Å². The molecule has 1 N–H and O–H groups in total. The van der Waals surface area contributed by atoms with Crippen molar-refractivity contribution in [1.82, 2.24) is 15.3 Å². The van der Waals surface area contributed by atoms with Gasteiger partial charge >= 0.3 is 6.01 Å². The first-order valence-electron chi connectivity index (χ1n) is 7.65. The summed E-state index contributed by atoms with van der Waals surface area (Å²) in [5.74, 6) is 0.621. The summed E-state index contributed by atoms with van der Waals surface area (Å²) in [6.45, 7) is 7.47. The number of rotatable bonds is 3. The van der Waals surface area contributed by atoms with Crippen molar-refractivity contribution in [2.75, 3.05) is 31.1 Å². The molecule has 0 atom stereocenters. The van der Waals surface area contributed by atoms with Crippen LogP contribution in [0.5, 0.6) is 11.8 Å². The van der Waals surface area contributed by atoms with E-state index in [4.69, 9.17) is 10.00 Å². The lowest BCUT2D eigenvalue weighted by Crippen LogP contribution is -2.43. The van der Waals surface area contributed by atoms with Crippen LogP contribution in [0.4, 0.5) is 5.69 Å². The van der Waals surface area contributed by atoms with E-state index in [9.17, 15) is 0 Å². The number of anilines is 1. The maximum atomic E-state index is 9.16. The number of ether oxygens (including phenoxy) is 1. The molecule has 1 aliphatic heterocycles. The highest BCUT2D eigenvalue weighted by atomic mass is 16.5. The maximum Gasteiger partial charge on any atom is 0.322 e. The van der Waals surface area contributed by atoms with E-state index in [0.29, 0.717) is 17.3 Å². The smallest absolute Gasteiger partial charge is 0.322 e. The van der Waals surface area contributed by atoms with Gasteiger partial charge in [0.05, 0.1) is 17.3 Å². The standard InChI is InChI=1S/C17H19N5O/c1-12-9-13(2)21-17(20-12)23-16-10-14(11-18)3-4-15(16)22-7-5-19-6-8-22/h3-4,9-10,19H,5-8H2,1-2H3. The molecule has 6 heteroatoms. The number of nitrogens with zero attached hydrogens (tertiary/aromatic N) is 4. The maximum absolute atomic E-state index is 9.16. The second-order valence-electron chi connectivity index (χ2n) is 5.57. The summed E-state index contributed by atoms with van der Waals surface area (Å²) in [5.41, 5.74) is 3.23. The van der Waals surface area contributed by atoms with Crippen molar-refractivity contribution in [3.63, 3.8) is 0 Å². The number of aryl methyl sites for hydroxylation is 2. The van der Waals surface area contributed by atoms with Crippen LogP contribution in [0, 0.1) is 25.2 Å². The van der Waals surface area contributed by atoms with E-state index in [1.165, 1.54) is 0 Å². The van der Waals surface area contributed by atoms with Gasteiger partial charge in [0.15, 0.2) is 5.75 Å². The molecule has 0 unspecified atom stereocenters. The monoisotopic (exact) mass is 309 g/mol. The molecule has 1 saturated heterocycles. The minimum atomic E-state index is 0.314. The Morgan fingerprint density at radius 1 is 1.13 bits per heavy atom. The van der Waals surface area contributed by atoms with Gasteiger partial charge in [0, 0.05) is 43.6 Å². The Hall–Kier alpha value is -2.65. The van der Waals surface area contributed by atoms with E-state index in [1.54, 1.807) is 6.07 Å². The number of nitrogens with one attached hydrogen (secondary N) is 1. The first kappa shape index (κ1) is 15.3. The summed E-state index contributed by atoms with van der Waals surface area (Å²) in [4.78, 5) is 10.9. The molecule has 118 valence electrons. The summed E-state index contributed by atoms with van der Waals surface area (Å²) in [5, 5.41) is 12.5. The molecule has 2 aromatic rings. The molecular formula is C17H19N5O. The number of hydrogen-bond donors (Lipinski definition) is 1. The lowest BCUT2D eigenvalue weighted by Gasteiger charge is -2.30. The van der Waals surface area contributed by atoms with Crippen LogP contribution in [-0.2, 0) is 0 Å². The predicted molar refractivity (Wildman–Crippen MR) is 87.8 cm³/mol. The van der Waals surface area contributed by atoms with Crippen molar-refractivity contribution in [2.24, 2.45) is 0 Å².